The van der Waals surface area contributed by atoms with Crippen LogP contribution in [0.15, 0.2) is 53.7 Å². The third-order valence-electron chi connectivity index (χ3n) is 6.86. The average molecular weight is 524 g/mol. The van der Waals surface area contributed by atoms with Gasteiger partial charge >= 0.3 is 0 Å². The number of aromatic nitrogens is 5. The van der Waals surface area contributed by atoms with E-state index in [4.69, 9.17) is 0 Å². The first-order valence-corrected chi connectivity index (χ1v) is 13.0. The van der Waals surface area contributed by atoms with Crippen LogP contribution in [-0.4, -0.2) is 24.9 Å². The van der Waals surface area contributed by atoms with Gasteiger partial charge in [-0.15, -0.1) is 0 Å². The predicted octanol–water partition coefficient (Wildman–Crippen LogP) is 6.71. The number of fused-ring (bicyclic) bond motifs is 2. The van der Waals surface area contributed by atoms with Gasteiger partial charge in [0.25, 0.3) is 5.92 Å². The molecule has 0 radical (unpaired) electrons. The SMILES string of the molecule is Cc1cccc(F)c1C1CCCCC1.Cc1cnc2ccc(=O)[nH]c2n1.FC1(F)CCCc2nccnc21. The topological polar surface area (TPSA) is 84.4 Å². The number of aryl methyl sites for hydroxylation is 3. The predicted molar refractivity (Wildman–Crippen MR) is 141 cm³/mol. The zero-order valence-electron chi connectivity index (χ0n) is 21.7. The highest BCUT2D eigenvalue weighted by Gasteiger charge is 2.38. The first kappa shape index (κ1) is 27.4. The molecule has 0 unspecified atom stereocenters. The third kappa shape index (κ3) is 6.82. The quantitative estimate of drug-likeness (QED) is 0.300. The maximum Gasteiger partial charge on any atom is 0.291 e. The lowest BCUT2D eigenvalue weighted by molar-refractivity contribution is -0.0270. The Morgan fingerprint density at radius 3 is 2.45 bits per heavy atom. The van der Waals surface area contributed by atoms with Crippen molar-refractivity contribution in [3.8, 4) is 0 Å². The molecule has 0 bridgehead atoms. The normalized spacial score (nSPS) is 16.4. The molecule has 1 saturated carbocycles. The lowest BCUT2D eigenvalue weighted by Crippen LogP contribution is -2.23. The molecule has 3 heterocycles. The van der Waals surface area contributed by atoms with Gasteiger partial charge in [-0.1, -0.05) is 31.4 Å². The van der Waals surface area contributed by atoms with Crippen LogP contribution in [0.2, 0.25) is 0 Å². The second-order valence-corrected chi connectivity index (χ2v) is 9.78. The number of H-pyrrole nitrogens is 1. The molecule has 0 saturated heterocycles. The van der Waals surface area contributed by atoms with E-state index in [-0.39, 0.29) is 23.5 Å². The fourth-order valence-corrected chi connectivity index (χ4v) is 5.02. The van der Waals surface area contributed by atoms with Crippen LogP contribution < -0.4 is 5.56 Å². The minimum atomic E-state index is -2.76. The van der Waals surface area contributed by atoms with Crippen LogP contribution in [0.25, 0.3) is 11.2 Å². The molecule has 2 aliphatic rings. The molecule has 0 amide bonds. The summed E-state index contributed by atoms with van der Waals surface area (Å²) in [7, 11) is 0. The number of alkyl halides is 2. The van der Waals surface area contributed by atoms with E-state index in [0.29, 0.717) is 35.6 Å². The number of hydrogen-bond donors (Lipinski definition) is 1. The summed E-state index contributed by atoms with van der Waals surface area (Å²) in [6, 6.07) is 8.51. The van der Waals surface area contributed by atoms with Gasteiger partial charge in [0.15, 0.2) is 5.65 Å². The highest BCUT2D eigenvalue weighted by atomic mass is 19.3. The van der Waals surface area contributed by atoms with Crippen molar-refractivity contribution in [2.45, 2.75) is 77.1 Å². The number of benzene rings is 1. The molecule has 6 nitrogen and oxygen atoms in total. The van der Waals surface area contributed by atoms with Crippen LogP contribution in [0, 0.1) is 19.7 Å². The molecule has 0 spiro atoms. The number of aromatic amines is 1. The summed E-state index contributed by atoms with van der Waals surface area (Å²) in [6.07, 6.45) is 11.7. The molecule has 1 aromatic carbocycles. The standard InChI is InChI=1S/C13H17F.C8H8F2N2.C8H7N3O/c1-10-6-5-9-12(14)13(10)11-7-3-2-4-8-11;9-8(10)3-1-2-6-7(8)12-5-4-11-6;1-5-4-9-6-2-3-7(12)11-8(6)10-5/h5-6,9,11H,2-4,7-8H2,1H3;4-5H,1-3H2;2-4H,1H3,(H,10,11,12). The molecule has 1 N–H and O–H groups in total. The van der Waals surface area contributed by atoms with Crippen molar-refractivity contribution in [2.75, 3.05) is 0 Å². The van der Waals surface area contributed by atoms with Gasteiger partial charge < -0.3 is 4.98 Å². The molecule has 1 fully saturated rings. The summed E-state index contributed by atoms with van der Waals surface area (Å²) in [5, 5.41) is 0. The third-order valence-corrected chi connectivity index (χ3v) is 6.86. The van der Waals surface area contributed by atoms with Crippen LogP contribution in [-0.2, 0) is 12.3 Å². The van der Waals surface area contributed by atoms with Gasteiger partial charge in [0, 0.05) is 31.1 Å². The number of hydrogen-bond acceptors (Lipinski definition) is 5. The lowest BCUT2D eigenvalue weighted by Gasteiger charge is -2.23. The Morgan fingerprint density at radius 2 is 1.71 bits per heavy atom. The summed E-state index contributed by atoms with van der Waals surface area (Å²) in [5.74, 6) is -2.29. The van der Waals surface area contributed by atoms with E-state index < -0.39 is 5.92 Å². The molecule has 6 rings (SSSR count). The van der Waals surface area contributed by atoms with E-state index in [1.165, 1.54) is 50.6 Å². The zero-order valence-corrected chi connectivity index (χ0v) is 21.7. The molecular formula is C29H32F3N5O. The Balaban J connectivity index is 0.000000133. The fourth-order valence-electron chi connectivity index (χ4n) is 5.02. The van der Waals surface area contributed by atoms with Crippen molar-refractivity contribution in [1.82, 2.24) is 24.9 Å². The first-order chi connectivity index (χ1) is 18.2. The molecule has 0 atom stereocenters. The van der Waals surface area contributed by atoms with Crippen molar-refractivity contribution in [2.24, 2.45) is 0 Å². The minimum absolute atomic E-state index is 0.00287. The zero-order chi connectivity index (χ0) is 27.1. The van der Waals surface area contributed by atoms with Gasteiger partial charge in [-0.05, 0) is 68.7 Å². The second-order valence-electron chi connectivity index (χ2n) is 9.78. The molecule has 200 valence electrons. The number of halogens is 3. The Hall–Kier alpha value is -3.62. The Kier molecular flexibility index (Phi) is 8.86. The molecule has 4 aromatic rings. The van der Waals surface area contributed by atoms with Crippen molar-refractivity contribution < 1.29 is 13.2 Å². The second kappa shape index (κ2) is 12.3. The van der Waals surface area contributed by atoms with E-state index in [9.17, 15) is 18.0 Å². The molecule has 9 heteroatoms. The van der Waals surface area contributed by atoms with Gasteiger partial charge in [-0.25, -0.2) is 9.37 Å². The van der Waals surface area contributed by atoms with E-state index in [2.05, 4.69) is 24.9 Å². The molecule has 0 aliphatic heterocycles. The van der Waals surface area contributed by atoms with E-state index in [0.717, 1.165) is 16.8 Å². The van der Waals surface area contributed by atoms with E-state index in [1.807, 2.05) is 19.9 Å². The summed E-state index contributed by atoms with van der Waals surface area (Å²) in [6.45, 7) is 3.85. The largest absolute Gasteiger partial charge is 0.305 e. The fraction of sp³-hybridized carbons (Fsp3) is 0.414. The van der Waals surface area contributed by atoms with Crippen LogP contribution in [0.3, 0.4) is 0 Å². The van der Waals surface area contributed by atoms with Crippen LogP contribution >= 0.6 is 0 Å². The van der Waals surface area contributed by atoms with E-state index in [1.54, 1.807) is 24.4 Å². The number of pyridine rings is 1. The van der Waals surface area contributed by atoms with E-state index >= 15 is 0 Å². The average Bonchev–Trinajstić information content (AvgIpc) is 2.90. The highest BCUT2D eigenvalue weighted by Crippen LogP contribution is 2.37. The molecule has 2 aliphatic carbocycles. The first-order valence-electron chi connectivity index (χ1n) is 13.0. The van der Waals surface area contributed by atoms with Crippen molar-refractivity contribution in [1.29, 1.82) is 0 Å². The smallest absolute Gasteiger partial charge is 0.291 e. The van der Waals surface area contributed by atoms with Crippen LogP contribution in [0.4, 0.5) is 13.2 Å². The molecular weight excluding hydrogens is 491 g/mol. The summed E-state index contributed by atoms with van der Waals surface area (Å²) < 4.78 is 39.8. The van der Waals surface area contributed by atoms with Gasteiger partial charge in [0.2, 0.25) is 5.56 Å². The Bertz CT molecular complexity index is 1410. The highest BCUT2D eigenvalue weighted by molar-refractivity contribution is 5.68. The number of nitrogens with zero attached hydrogens (tertiary/aromatic N) is 4. The lowest BCUT2D eigenvalue weighted by atomic mass is 9.82. The number of rotatable bonds is 1. The van der Waals surface area contributed by atoms with Gasteiger partial charge in [0.05, 0.1) is 11.4 Å². The minimum Gasteiger partial charge on any atom is -0.305 e. The summed E-state index contributed by atoms with van der Waals surface area (Å²) in [5.41, 5.74) is 4.32. The van der Waals surface area contributed by atoms with Gasteiger partial charge in [0.1, 0.15) is 17.0 Å². The monoisotopic (exact) mass is 523 g/mol. The molecule has 3 aromatic heterocycles. The summed E-state index contributed by atoms with van der Waals surface area (Å²) in [4.78, 5) is 29.2. The molecule has 38 heavy (non-hydrogen) atoms. The maximum absolute atomic E-state index is 13.6. The Morgan fingerprint density at radius 1 is 0.947 bits per heavy atom. The van der Waals surface area contributed by atoms with Crippen molar-refractivity contribution >= 4 is 11.2 Å². The summed E-state index contributed by atoms with van der Waals surface area (Å²) >= 11 is 0. The van der Waals surface area contributed by atoms with Crippen molar-refractivity contribution in [3.63, 3.8) is 0 Å². The maximum atomic E-state index is 13.6. The number of nitrogens with one attached hydrogen (secondary N) is 1. The Labute approximate surface area is 219 Å². The van der Waals surface area contributed by atoms with Gasteiger partial charge in [-0.3, -0.25) is 19.7 Å². The van der Waals surface area contributed by atoms with Gasteiger partial charge in [-0.2, -0.15) is 8.78 Å². The van der Waals surface area contributed by atoms with Crippen molar-refractivity contribution in [3.05, 3.63) is 93.3 Å². The van der Waals surface area contributed by atoms with Crippen LogP contribution in [0.1, 0.15) is 79.1 Å². The van der Waals surface area contributed by atoms with Crippen LogP contribution in [0.5, 0.6) is 0 Å².